The van der Waals surface area contributed by atoms with E-state index >= 15 is 0 Å². The summed E-state index contributed by atoms with van der Waals surface area (Å²) in [5.41, 5.74) is 11.7. The number of aryl methyl sites for hydroxylation is 2. The Bertz CT molecular complexity index is 341. The van der Waals surface area contributed by atoms with Gasteiger partial charge in [-0.25, -0.2) is 0 Å². The van der Waals surface area contributed by atoms with E-state index in [1.54, 1.807) is 11.1 Å². The van der Waals surface area contributed by atoms with Crippen LogP contribution in [0.4, 0.5) is 0 Å². The van der Waals surface area contributed by atoms with Gasteiger partial charge in [0.05, 0.1) is 0 Å². The van der Waals surface area contributed by atoms with Crippen LogP contribution in [0.15, 0.2) is 12.1 Å². The summed E-state index contributed by atoms with van der Waals surface area (Å²) >= 11 is 0. The van der Waals surface area contributed by atoms with Crippen LogP contribution in [0, 0.1) is 19.8 Å². The maximum atomic E-state index is 5.74. The molecule has 1 aromatic rings. The van der Waals surface area contributed by atoms with Crippen LogP contribution in [-0.4, -0.2) is 6.54 Å². The predicted molar refractivity (Wildman–Crippen MR) is 60.5 cm³/mol. The molecule has 0 radical (unpaired) electrons. The number of nitrogens with two attached hydrogens (primary N) is 1. The molecule has 1 nitrogen and oxygen atoms in total. The van der Waals surface area contributed by atoms with E-state index in [0.717, 1.165) is 6.54 Å². The van der Waals surface area contributed by atoms with E-state index in [2.05, 4.69) is 26.0 Å². The van der Waals surface area contributed by atoms with Crippen molar-refractivity contribution in [1.29, 1.82) is 0 Å². The number of benzene rings is 1. The van der Waals surface area contributed by atoms with Gasteiger partial charge in [0, 0.05) is 0 Å². The Morgan fingerprint density at radius 3 is 2.86 bits per heavy atom. The zero-order valence-electron chi connectivity index (χ0n) is 9.14. The summed E-state index contributed by atoms with van der Waals surface area (Å²) in [7, 11) is 0. The number of rotatable bonds is 1. The van der Waals surface area contributed by atoms with Gasteiger partial charge in [-0.1, -0.05) is 17.7 Å². The summed E-state index contributed by atoms with van der Waals surface area (Å²) in [5, 5.41) is 0. The highest BCUT2D eigenvalue weighted by Gasteiger charge is 2.18. The molecule has 2 rings (SSSR count). The molecular weight excluding hydrogens is 170 g/mol. The first-order chi connectivity index (χ1) is 6.70. The zero-order valence-corrected chi connectivity index (χ0v) is 9.14. The molecule has 1 atom stereocenters. The van der Waals surface area contributed by atoms with Gasteiger partial charge in [-0.2, -0.15) is 0 Å². The van der Waals surface area contributed by atoms with Crippen LogP contribution >= 0.6 is 0 Å². The number of hydrogen-bond acceptors (Lipinski definition) is 1. The third kappa shape index (κ3) is 1.69. The van der Waals surface area contributed by atoms with Crippen molar-refractivity contribution >= 4 is 0 Å². The van der Waals surface area contributed by atoms with E-state index in [0.29, 0.717) is 5.92 Å². The highest BCUT2D eigenvalue weighted by atomic mass is 14.5. The van der Waals surface area contributed by atoms with Crippen LogP contribution < -0.4 is 5.73 Å². The lowest BCUT2D eigenvalue weighted by Crippen LogP contribution is -2.22. The second kappa shape index (κ2) is 3.74. The first-order valence-corrected chi connectivity index (χ1v) is 5.49. The Balaban J connectivity index is 2.37. The summed E-state index contributed by atoms with van der Waals surface area (Å²) < 4.78 is 0. The fourth-order valence-electron chi connectivity index (χ4n) is 2.59. The Hall–Kier alpha value is -0.820. The summed E-state index contributed by atoms with van der Waals surface area (Å²) in [6.45, 7) is 5.25. The van der Waals surface area contributed by atoms with Crippen LogP contribution in [0.25, 0.3) is 0 Å². The van der Waals surface area contributed by atoms with Gasteiger partial charge in [-0.15, -0.1) is 0 Å². The standard InChI is InChI=1S/C13H19N/c1-9-5-10(2)13-4-3-11(8-14)7-12(13)6-9/h5-6,11H,3-4,7-8,14H2,1-2H3. The summed E-state index contributed by atoms with van der Waals surface area (Å²) in [5.74, 6) is 0.712. The highest BCUT2D eigenvalue weighted by molar-refractivity contribution is 5.40. The number of hydrogen-bond donors (Lipinski definition) is 1. The summed E-state index contributed by atoms with van der Waals surface area (Å²) in [6, 6.07) is 4.63. The minimum Gasteiger partial charge on any atom is -0.330 e. The van der Waals surface area contributed by atoms with Crippen molar-refractivity contribution in [2.45, 2.75) is 33.1 Å². The van der Waals surface area contributed by atoms with Crippen molar-refractivity contribution in [2.24, 2.45) is 11.7 Å². The normalized spacial score (nSPS) is 20.6. The molecule has 14 heavy (non-hydrogen) atoms. The average Bonchev–Trinajstić information content (AvgIpc) is 2.16. The molecule has 0 amide bonds. The fourth-order valence-corrected chi connectivity index (χ4v) is 2.59. The molecule has 76 valence electrons. The van der Waals surface area contributed by atoms with Gasteiger partial charge in [0.1, 0.15) is 0 Å². The van der Waals surface area contributed by atoms with Gasteiger partial charge in [0.25, 0.3) is 0 Å². The summed E-state index contributed by atoms with van der Waals surface area (Å²) in [4.78, 5) is 0. The zero-order chi connectivity index (χ0) is 10.1. The lowest BCUT2D eigenvalue weighted by molar-refractivity contribution is 0.468. The maximum Gasteiger partial charge on any atom is -0.00456 e. The van der Waals surface area contributed by atoms with Gasteiger partial charge in [0.15, 0.2) is 0 Å². The molecule has 0 heterocycles. The molecule has 0 aromatic heterocycles. The van der Waals surface area contributed by atoms with Gasteiger partial charge in [-0.3, -0.25) is 0 Å². The van der Waals surface area contributed by atoms with Crippen LogP contribution in [0.1, 0.15) is 28.7 Å². The van der Waals surface area contributed by atoms with E-state index < -0.39 is 0 Å². The Morgan fingerprint density at radius 2 is 2.14 bits per heavy atom. The van der Waals surface area contributed by atoms with Crippen molar-refractivity contribution in [2.75, 3.05) is 6.54 Å². The second-order valence-electron chi connectivity index (χ2n) is 4.56. The van der Waals surface area contributed by atoms with Crippen molar-refractivity contribution < 1.29 is 0 Å². The van der Waals surface area contributed by atoms with Gasteiger partial charge >= 0.3 is 0 Å². The van der Waals surface area contributed by atoms with Gasteiger partial charge in [0.2, 0.25) is 0 Å². The van der Waals surface area contributed by atoms with Crippen LogP contribution in [0.5, 0.6) is 0 Å². The summed E-state index contributed by atoms with van der Waals surface area (Å²) in [6.07, 6.45) is 3.69. The second-order valence-corrected chi connectivity index (χ2v) is 4.56. The highest BCUT2D eigenvalue weighted by Crippen LogP contribution is 2.28. The van der Waals surface area contributed by atoms with E-state index in [1.807, 2.05) is 0 Å². The molecule has 2 N–H and O–H groups in total. The molecule has 1 unspecified atom stereocenters. The first-order valence-electron chi connectivity index (χ1n) is 5.49. The quantitative estimate of drug-likeness (QED) is 0.721. The van der Waals surface area contributed by atoms with Gasteiger partial charge in [-0.05, 0) is 62.3 Å². The molecule has 0 saturated carbocycles. The first kappa shape index (κ1) is 9.72. The lowest BCUT2D eigenvalue weighted by atomic mass is 9.81. The monoisotopic (exact) mass is 189 g/mol. The largest absolute Gasteiger partial charge is 0.330 e. The Labute approximate surface area is 86.3 Å². The average molecular weight is 189 g/mol. The topological polar surface area (TPSA) is 26.0 Å². The van der Waals surface area contributed by atoms with Crippen LogP contribution in [0.2, 0.25) is 0 Å². The lowest BCUT2D eigenvalue weighted by Gasteiger charge is -2.25. The Morgan fingerprint density at radius 1 is 1.36 bits per heavy atom. The van der Waals surface area contributed by atoms with Crippen LogP contribution in [0.3, 0.4) is 0 Å². The minimum atomic E-state index is 0.712. The van der Waals surface area contributed by atoms with Crippen molar-refractivity contribution in [3.63, 3.8) is 0 Å². The Kier molecular flexibility index (Phi) is 2.60. The van der Waals surface area contributed by atoms with E-state index in [-0.39, 0.29) is 0 Å². The molecule has 0 spiro atoms. The molecule has 1 aromatic carbocycles. The van der Waals surface area contributed by atoms with E-state index in [4.69, 9.17) is 5.73 Å². The molecular formula is C13H19N. The predicted octanol–water partition coefficient (Wildman–Crippen LogP) is 2.37. The van der Waals surface area contributed by atoms with Gasteiger partial charge < -0.3 is 5.73 Å². The smallest absolute Gasteiger partial charge is 0.00456 e. The third-order valence-corrected chi connectivity index (χ3v) is 3.35. The molecule has 0 saturated heterocycles. The molecule has 0 bridgehead atoms. The van der Waals surface area contributed by atoms with Crippen molar-refractivity contribution in [1.82, 2.24) is 0 Å². The minimum absolute atomic E-state index is 0.712. The SMILES string of the molecule is Cc1cc(C)c2c(c1)CC(CN)CC2. The van der Waals surface area contributed by atoms with Crippen molar-refractivity contribution in [3.05, 3.63) is 34.4 Å². The molecule has 1 aliphatic rings. The molecule has 0 aliphatic heterocycles. The van der Waals surface area contributed by atoms with Crippen LogP contribution in [-0.2, 0) is 12.8 Å². The van der Waals surface area contributed by atoms with E-state index in [9.17, 15) is 0 Å². The number of fused-ring (bicyclic) bond motifs is 1. The molecule has 1 aliphatic carbocycles. The maximum absolute atomic E-state index is 5.74. The van der Waals surface area contributed by atoms with E-state index in [1.165, 1.54) is 30.4 Å². The fraction of sp³-hybridized carbons (Fsp3) is 0.538. The molecule has 1 heteroatoms. The third-order valence-electron chi connectivity index (χ3n) is 3.35. The molecule has 0 fully saturated rings. The van der Waals surface area contributed by atoms with Crippen molar-refractivity contribution in [3.8, 4) is 0 Å².